The molecule has 2 aromatic carbocycles. The molecular weight excluding hydrogens is 442 g/mol. The zero-order valence-corrected chi connectivity index (χ0v) is 19.8. The van der Waals surface area contributed by atoms with Gasteiger partial charge in [-0.15, -0.1) is 0 Å². The van der Waals surface area contributed by atoms with Crippen LogP contribution in [0.2, 0.25) is 0 Å². The average molecular weight is 470 g/mol. The molecule has 33 heavy (non-hydrogen) atoms. The lowest BCUT2D eigenvalue weighted by molar-refractivity contribution is -0.114. The van der Waals surface area contributed by atoms with Gasteiger partial charge in [-0.3, -0.25) is 19.0 Å². The zero-order valence-electron chi connectivity index (χ0n) is 19.0. The van der Waals surface area contributed by atoms with E-state index in [1.807, 2.05) is 48.9 Å². The summed E-state index contributed by atoms with van der Waals surface area (Å²) >= 11 is 0. The molecule has 0 saturated heterocycles. The topological polar surface area (TPSA) is 122 Å². The molecule has 174 valence electrons. The van der Waals surface area contributed by atoms with Crippen LogP contribution in [0.1, 0.15) is 39.8 Å². The first kappa shape index (κ1) is 24.0. The molecule has 2 amide bonds. The van der Waals surface area contributed by atoms with Crippen molar-refractivity contribution in [2.45, 2.75) is 33.9 Å². The molecule has 0 atom stereocenters. The van der Waals surface area contributed by atoms with E-state index in [1.165, 1.54) is 25.1 Å². The lowest BCUT2D eigenvalue weighted by Gasteiger charge is -2.14. The highest BCUT2D eigenvalue weighted by Gasteiger charge is 2.16. The summed E-state index contributed by atoms with van der Waals surface area (Å²) in [5, 5.41) is 9.89. The quantitative estimate of drug-likeness (QED) is 0.468. The van der Waals surface area contributed by atoms with Gasteiger partial charge in [0, 0.05) is 24.8 Å². The summed E-state index contributed by atoms with van der Waals surface area (Å²) in [6, 6.07) is 14.2. The lowest BCUT2D eigenvalue weighted by Crippen LogP contribution is -2.25. The van der Waals surface area contributed by atoms with E-state index in [2.05, 4.69) is 20.5 Å². The van der Waals surface area contributed by atoms with E-state index in [1.54, 1.807) is 0 Å². The molecule has 10 heteroatoms. The Morgan fingerprint density at radius 2 is 1.76 bits per heavy atom. The monoisotopic (exact) mass is 469 g/mol. The number of hydrogen-bond acceptors (Lipinski definition) is 5. The summed E-state index contributed by atoms with van der Waals surface area (Å²) in [5.74, 6) is -0.776. The van der Waals surface area contributed by atoms with Crippen molar-refractivity contribution in [2.24, 2.45) is 0 Å². The van der Waals surface area contributed by atoms with Crippen LogP contribution in [0.4, 0.5) is 11.4 Å². The summed E-state index contributed by atoms with van der Waals surface area (Å²) in [7, 11) is -3.60. The van der Waals surface area contributed by atoms with Crippen LogP contribution >= 0.6 is 0 Å². The van der Waals surface area contributed by atoms with Crippen molar-refractivity contribution in [1.82, 2.24) is 15.1 Å². The Morgan fingerprint density at radius 3 is 2.39 bits per heavy atom. The molecule has 0 aliphatic rings. The standard InChI is InChI=1S/C23H27N5O4S/c1-15-10-16(2)28(26-15)14-19-7-5-6-18(11-19)13-24-23(30)21-12-20(25-17(3)29)8-9-22(21)27-33(4,31)32/h5-12,27H,13-14H2,1-4H3,(H,24,30)(H,25,29). The largest absolute Gasteiger partial charge is 0.348 e. The first-order valence-corrected chi connectivity index (χ1v) is 12.2. The minimum Gasteiger partial charge on any atom is -0.348 e. The number of anilines is 2. The Labute approximate surface area is 193 Å². The van der Waals surface area contributed by atoms with Crippen molar-refractivity contribution in [3.05, 3.63) is 76.6 Å². The summed E-state index contributed by atoms with van der Waals surface area (Å²) < 4.78 is 27.7. The molecule has 3 aromatic rings. The van der Waals surface area contributed by atoms with Gasteiger partial charge in [-0.1, -0.05) is 24.3 Å². The molecule has 0 aliphatic heterocycles. The number of aromatic nitrogens is 2. The summed E-state index contributed by atoms with van der Waals surface area (Å²) in [4.78, 5) is 24.3. The Bertz CT molecular complexity index is 1300. The smallest absolute Gasteiger partial charge is 0.253 e. The predicted molar refractivity (Wildman–Crippen MR) is 128 cm³/mol. The molecule has 1 aromatic heterocycles. The second-order valence-corrected chi connectivity index (χ2v) is 9.65. The van der Waals surface area contributed by atoms with Crippen molar-refractivity contribution in [3.8, 4) is 0 Å². The molecule has 3 rings (SSSR count). The molecule has 1 heterocycles. The number of nitrogens with one attached hydrogen (secondary N) is 3. The molecule has 0 spiro atoms. The number of carbonyl (C=O) groups is 2. The molecule has 0 radical (unpaired) electrons. The van der Waals surface area contributed by atoms with Gasteiger partial charge in [-0.25, -0.2) is 8.42 Å². The second-order valence-electron chi connectivity index (χ2n) is 7.90. The van der Waals surface area contributed by atoms with Gasteiger partial charge in [0.1, 0.15) is 0 Å². The van der Waals surface area contributed by atoms with Gasteiger partial charge in [-0.05, 0) is 49.2 Å². The maximum Gasteiger partial charge on any atom is 0.253 e. The van der Waals surface area contributed by atoms with E-state index < -0.39 is 15.9 Å². The van der Waals surface area contributed by atoms with Gasteiger partial charge in [0.05, 0.1) is 29.7 Å². The fraction of sp³-hybridized carbons (Fsp3) is 0.261. The van der Waals surface area contributed by atoms with Crippen molar-refractivity contribution in [2.75, 3.05) is 16.3 Å². The predicted octanol–water partition coefficient (Wildman–Crippen LogP) is 2.81. The van der Waals surface area contributed by atoms with Gasteiger partial charge in [0.2, 0.25) is 15.9 Å². The van der Waals surface area contributed by atoms with E-state index in [-0.39, 0.29) is 23.7 Å². The maximum atomic E-state index is 12.9. The van der Waals surface area contributed by atoms with Crippen LogP contribution in [0.3, 0.4) is 0 Å². The number of benzene rings is 2. The van der Waals surface area contributed by atoms with E-state index >= 15 is 0 Å². The highest BCUT2D eigenvalue weighted by Crippen LogP contribution is 2.22. The van der Waals surface area contributed by atoms with E-state index in [0.29, 0.717) is 12.2 Å². The molecule has 0 aliphatic carbocycles. The minimum atomic E-state index is -3.60. The Hall–Kier alpha value is -3.66. The van der Waals surface area contributed by atoms with Crippen LogP contribution in [-0.2, 0) is 27.9 Å². The summed E-state index contributed by atoms with van der Waals surface area (Å²) in [6.07, 6.45) is 1.00. The Balaban J connectivity index is 1.77. The average Bonchev–Trinajstić information content (AvgIpc) is 3.02. The van der Waals surface area contributed by atoms with Gasteiger partial charge >= 0.3 is 0 Å². The van der Waals surface area contributed by atoms with Gasteiger partial charge in [0.25, 0.3) is 5.91 Å². The number of nitrogens with zero attached hydrogens (tertiary/aromatic N) is 2. The number of amides is 2. The molecule has 0 unspecified atom stereocenters. The van der Waals surface area contributed by atoms with Crippen molar-refractivity contribution < 1.29 is 18.0 Å². The van der Waals surface area contributed by atoms with Crippen LogP contribution in [0, 0.1) is 13.8 Å². The third kappa shape index (κ3) is 6.91. The SMILES string of the molecule is CC(=O)Nc1ccc(NS(C)(=O)=O)c(C(=O)NCc2cccc(Cn3nc(C)cc3C)c2)c1. The van der Waals surface area contributed by atoms with E-state index in [9.17, 15) is 18.0 Å². The van der Waals surface area contributed by atoms with Crippen LogP contribution in [-0.4, -0.2) is 36.3 Å². The van der Waals surface area contributed by atoms with Crippen LogP contribution in [0.25, 0.3) is 0 Å². The van der Waals surface area contributed by atoms with Crippen LogP contribution in [0.5, 0.6) is 0 Å². The molecule has 0 bridgehead atoms. The number of hydrogen-bond donors (Lipinski definition) is 3. The molecule has 0 saturated carbocycles. The Morgan fingerprint density at radius 1 is 1.03 bits per heavy atom. The number of sulfonamides is 1. The first-order valence-electron chi connectivity index (χ1n) is 10.3. The number of carbonyl (C=O) groups excluding carboxylic acids is 2. The molecular formula is C23H27N5O4S. The van der Waals surface area contributed by atoms with Crippen molar-refractivity contribution in [1.29, 1.82) is 0 Å². The molecule has 0 fully saturated rings. The highest BCUT2D eigenvalue weighted by molar-refractivity contribution is 7.92. The van der Waals surface area contributed by atoms with Gasteiger partial charge < -0.3 is 10.6 Å². The maximum absolute atomic E-state index is 12.9. The fourth-order valence-electron chi connectivity index (χ4n) is 3.43. The molecule has 3 N–H and O–H groups in total. The third-order valence-corrected chi connectivity index (χ3v) is 5.35. The number of rotatable bonds is 8. The zero-order chi connectivity index (χ0) is 24.2. The van der Waals surface area contributed by atoms with Crippen LogP contribution in [0.15, 0.2) is 48.5 Å². The highest BCUT2D eigenvalue weighted by atomic mass is 32.2. The van der Waals surface area contributed by atoms with E-state index in [4.69, 9.17) is 0 Å². The lowest BCUT2D eigenvalue weighted by atomic mass is 10.1. The number of aryl methyl sites for hydroxylation is 2. The van der Waals surface area contributed by atoms with Crippen molar-refractivity contribution in [3.63, 3.8) is 0 Å². The van der Waals surface area contributed by atoms with Gasteiger partial charge in [-0.2, -0.15) is 5.10 Å². The van der Waals surface area contributed by atoms with E-state index in [0.717, 1.165) is 28.8 Å². The third-order valence-electron chi connectivity index (χ3n) is 4.76. The molecule has 9 nitrogen and oxygen atoms in total. The second kappa shape index (κ2) is 9.86. The first-order chi connectivity index (χ1) is 15.5. The summed E-state index contributed by atoms with van der Waals surface area (Å²) in [6.45, 7) is 6.15. The minimum absolute atomic E-state index is 0.102. The van der Waals surface area contributed by atoms with Crippen molar-refractivity contribution >= 4 is 33.2 Å². The van der Waals surface area contributed by atoms with Crippen LogP contribution < -0.4 is 15.4 Å². The normalized spacial score (nSPS) is 11.2. The summed E-state index contributed by atoms with van der Waals surface area (Å²) in [5.41, 5.74) is 4.57. The Kier molecular flexibility index (Phi) is 7.17. The van der Waals surface area contributed by atoms with Gasteiger partial charge in [0.15, 0.2) is 0 Å². The fourth-order valence-corrected chi connectivity index (χ4v) is 4.00.